The van der Waals surface area contributed by atoms with Crippen molar-refractivity contribution in [2.45, 2.75) is 38.9 Å². The SMILES string of the molecule is CC1(C)OB(c2cc3ccccc3c3oc4ccccc4c23)OC1(C)C. The highest BCUT2D eigenvalue weighted by atomic mass is 16.7. The van der Waals surface area contributed by atoms with Gasteiger partial charge in [-0.25, -0.2) is 0 Å². The van der Waals surface area contributed by atoms with Crippen LogP contribution in [0.25, 0.3) is 32.7 Å². The Morgan fingerprint density at radius 3 is 2.12 bits per heavy atom. The number of hydrogen-bond donors (Lipinski definition) is 0. The van der Waals surface area contributed by atoms with Crippen molar-refractivity contribution in [1.82, 2.24) is 0 Å². The first-order valence-electron chi connectivity index (χ1n) is 9.06. The largest absolute Gasteiger partial charge is 0.495 e. The van der Waals surface area contributed by atoms with E-state index in [1.165, 1.54) is 0 Å². The van der Waals surface area contributed by atoms with E-state index >= 15 is 0 Å². The van der Waals surface area contributed by atoms with Gasteiger partial charge in [0, 0.05) is 16.2 Å². The first kappa shape index (κ1) is 15.9. The number of hydrogen-bond acceptors (Lipinski definition) is 3. The Hall–Kier alpha value is -2.30. The van der Waals surface area contributed by atoms with E-state index in [1.54, 1.807) is 0 Å². The van der Waals surface area contributed by atoms with E-state index in [4.69, 9.17) is 13.7 Å². The molecule has 1 aromatic heterocycles. The minimum atomic E-state index is -0.423. The second-order valence-electron chi connectivity index (χ2n) is 8.08. The second-order valence-corrected chi connectivity index (χ2v) is 8.08. The molecule has 3 aromatic carbocycles. The highest BCUT2D eigenvalue weighted by Crippen LogP contribution is 2.39. The van der Waals surface area contributed by atoms with Gasteiger partial charge in [-0.1, -0.05) is 48.5 Å². The first-order valence-corrected chi connectivity index (χ1v) is 9.06. The van der Waals surface area contributed by atoms with Crippen LogP contribution in [0.3, 0.4) is 0 Å². The quantitative estimate of drug-likeness (QED) is 0.454. The van der Waals surface area contributed by atoms with Gasteiger partial charge >= 0.3 is 7.12 Å². The average Bonchev–Trinajstić information content (AvgIpc) is 3.09. The molecule has 26 heavy (non-hydrogen) atoms. The third-order valence-electron chi connectivity index (χ3n) is 5.91. The van der Waals surface area contributed by atoms with Gasteiger partial charge in [0.2, 0.25) is 0 Å². The summed E-state index contributed by atoms with van der Waals surface area (Å²) in [6.07, 6.45) is 0. The zero-order valence-corrected chi connectivity index (χ0v) is 15.5. The molecule has 1 saturated heterocycles. The molecule has 4 aromatic rings. The maximum absolute atomic E-state index is 6.36. The van der Waals surface area contributed by atoms with E-state index in [2.05, 4.69) is 52.0 Å². The lowest BCUT2D eigenvalue weighted by Gasteiger charge is -2.32. The van der Waals surface area contributed by atoms with Crippen molar-refractivity contribution in [3.05, 3.63) is 54.6 Å². The Morgan fingerprint density at radius 1 is 0.769 bits per heavy atom. The van der Waals surface area contributed by atoms with Crippen LogP contribution in [0.4, 0.5) is 0 Å². The number of para-hydroxylation sites is 1. The van der Waals surface area contributed by atoms with Crippen LogP contribution in [0.5, 0.6) is 0 Å². The molecule has 0 N–H and O–H groups in total. The van der Waals surface area contributed by atoms with E-state index in [1.807, 2.05) is 30.3 Å². The van der Waals surface area contributed by atoms with Crippen molar-refractivity contribution < 1.29 is 13.7 Å². The molecule has 0 unspecified atom stereocenters. The molecule has 1 aliphatic heterocycles. The van der Waals surface area contributed by atoms with E-state index in [-0.39, 0.29) is 11.2 Å². The average molecular weight is 344 g/mol. The maximum atomic E-state index is 6.36. The molecular formula is C22H21BO3. The van der Waals surface area contributed by atoms with Gasteiger partial charge < -0.3 is 13.7 Å². The monoisotopic (exact) mass is 344 g/mol. The number of benzene rings is 3. The molecule has 5 rings (SSSR count). The Morgan fingerprint density at radius 2 is 1.38 bits per heavy atom. The molecule has 0 radical (unpaired) electrons. The zero-order valence-electron chi connectivity index (χ0n) is 15.5. The summed E-state index contributed by atoms with van der Waals surface area (Å²) >= 11 is 0. The van der Waals surface area contributed by atoms with Gasteiger partial charge in [0.25, 0.3) is 0 Å². The molecular weight excluding hydrogens is 323 g/mol. The van der Waals surface area contributed by atoms with Gasteiger partial charge in [0.1, 0.15) is 11.2 Å². The van der Waals surface area contributed by atoms with Crippen LogP contribution in [0, 0.1) is 0 Å². The second kappa shape index (κ2) is 5.12. The van der Waals surface area contributed by atoms with Gasteiger partial charge in [0.15, 0.2) is 0 Å². The summed E-state index contributed by atoms with van der Waals surface area (Å²) in [5.74, 6) is 0. The molecule has 4 heteroatoms. The van der Waals surface area contributed by atoms with Crippen molar-refractivity contribution in [2.24, 2.45) is 0 Å². The summed E-state index contributed by atoms with van der Waals surface area (Å²) in [6, 6.07) is 18.6. The van der Waals surface area contributed by atoms with E-state index in [9.17, 15) is 0 Å². The predicted molar refractivity (Wildman–Crippen MR) is 107 cm³/mol. The Bertz CT molecular complexity index is 1140. The molecule has 2 heterocycles. The minimum Gasteiger partial charge on any atom is -0.455 e. The van der Waals surface area contributed by atoms with Crippen LogP contribution >= 0.6 is 0 Å². The lowest BCUT2D eigenvalue weighted by molar-refractivity contribution is 0.00578. The van der Waals surface area contributed by atoms with Crippen LogP contribution in [0.2, 0.25) is 0 Å². The third kappa shape index (κ3) is 2.09. The first-order chi connectivity index (χ1) is 12.4. The fraction of sp³-hybridized carbons (Fsp3) is 0.273. The summed E-state index contributed by atoms with van der Waals surface area (Å²) < 4.78 is 19.0. The van der Waals surface area contributed by atoms with Crippen LogP contribution in [-0.2, 0) is 9.31 Å². The van der Waals surface area contributed by atoms with Gasteiger partial charge in [-0.05, 0) is 44.6 Å². The maximum Gasteiger partial charge on any atom is 0.495 e. The summed E-state index contributed by atoms with van der Waals surface area (Å²) in [7, 11) is -0.423. The highest BCUT2D eigenvalue weighted by Gasteiger charge is 2.52. The molecule has 1 aliphatic rings. The Balaban J connectivity index is 1.87. The van der Waals surface area contributed by atoms with Gasteiger partial charge in [-0.15, -0.1) is 0 Å². The highest BCUT2D eigenvalue weighted by molar-refractivity contribution is 6.66. The smallest absolute Gasteiger partial charge is 0.455 e. The number of rotatable bonds is 1. The van der Waals surface area contributed by atoms with E-state index < -0.39 is 7.12 Å². The Kier molecular flexibility index (Phi) is 3.14. The number of fused-ring (bicyclic) bond motifs is 5. The third-order valence-corrected chi connectivity index (χ3v) is 5.91. The molecule has 3 nitrogen and oxygen atoms in total. The molecule has 0 amide bonds. The fourth-order valence-electron chi connectivity index (χ4n) is 3.75. The van der Waals surface area contributed by atoms with Gasteiger partial charge in [0.05, 0.1) is 11.2 Å². The van der Waals surface area contributed by atoms with Gasteiger partial charge in [-0.2, -0.15) is 0 Å². The van der Waals surface area contributed by atoms with Crippen molar-refractivity contribution in [3.8, 4) is 0 Å². The summed E-state index contributed by atoms with van der Waals surface area (Å²) in [4.78, 5) is 0. The Labute approximate surface area is 153 Å². The molecule has 1 fully saturated rings. The molecule has 0 aliphatic carbocycles. The topological polar surface area (TPSA) is 31.6 Å². The van der Waals surface area contributed by atoms with Crippen molar-refractivity contribution in [2.75, 3.05) is 0 Å². The predicted octanol–water partition coefficient (Wildman–Crippen LogP) is 5.04. The summed E-state index contributed by atoms with van der Waals surface area (Å²) in [5.41, 5.74) is 2.05. The fourth-order valence-corrected chi connectivity index (χ4v) is 3.75. The summed E-state index contributed by atoms with van der Waals surface area (Å²) in [5, 5.41) is 4.42. The zero-order chi connectivity index (χ0) is 18.1. The minimum absolute atomic E-state index is 0.380. The summed E-state index contributed by atoms with van der Waals surface area (Å²) in [6.45, 7) is 8.33. The number of furan rings is 1. The molecule has 0 saturated carbocycles. The standard InChI is InChI=1S/C22H21BO3/c1-21(2)22(3,4)26-23(25-21)17-13-14-9-5-6-10-15(14)20-19(17)16-11-7-8-12-18(16)24-20/h5-13H,1-4H3. The van der Waals surface area contributed by atoms with Crippen molar-refractivity contribution in [3.63, 3.8) is 0 Å². The van der Waals surface area contributed by atoms with Crippen LogP contribution in [0.15, 0.2) is 59.0 Å². The van der Waals surface area contributed by atoms with Crippen LogP contribution in [-0.4, -0.2) is 18.3 Å². The van der Waals surface area contributed by atoms with Gasteiger partial charge in [-0.3, -0.25) is 0 Å². The van der Waals surface area contributed by atoms with Crippen LogP contribution < -0.4 is 5.46 Å². The van der Waals surface area contributed by atoms with E-state index in [0.717, 1.165) is 38.2 Å². The van der Waals surface area contributed by atoms with E-state index in [0.29, 0.717) is 0 Å². The molecule has 0 atom stereocenters. The molecule has 0 spiro atoms. The lowest BCUT2D eigenvalue weighted by Crippen LogP contribution is -2.41. The van der Waals surface area contributed by atoms with Crippen LogP contribution in [0.1, 0.15) is 27.7 Å². The van der Waals surface area contributed by atoms with Crippen molar-refractivity contribution >= 4 is 45.3 Å². The lowest BCUT2D eigenvalue weighted by atomic mass is 9.75. The van der Waals surface area contributed by atoms with Crippen molar-refractivity contribution in [1.29, 1.82) is 0 Å². The molecule has 130 valence electrons. The molecule has 0 bridgehead atoms. The normalized spacial score (nSPS) is 19.0.